The molecule has 1 saturated carbocycles. The molecule has 2 rings (SSSR count). The van der Waals surface area contributed by atoms with E-state index in [1.54, 1.807) is 24.3 Å². The maximum absolute atomic E-state index is 12.5. The van der Waals surface area contributed by atoms with Gasteiger partial charge in [0, 0.05) is 24.7 Å². The zero-order valence-electron chi connectivity index (χ0n) is 14.9. The van der Waals surface area contributed by atoms with Gasteiger partial charge in [-0.25, -0.2) is 0 Å². The molecule has 1 aromatic rings. The fourth-order valence-corrected chi connectivity index (χ4v) is 3.23. The molecule has 0 spiro atoms. The summed E-state index contributed by atoms with van der Waals surface area (Å²) in [6.45, 7) is 2.85. The maximum Gasteiger partial charge on any atom is 0.260 e. The van der Waals surface area contributed by atoms with Gasteiger partial charge < -0.3 is 20.1 Å². The molecule has 0 aliphatic heterocycles. The van der Waals surface area contributed by atoms with Gasteiger partial charge in [0.1, 0.15) is 5.75 Å². The number of aliphatic hydroxyl groups is 1. The molecular weight excluding hydrogens is 320 g/mol. The molecule has 25 heavy (non-hydrogen) atoms. The Balaban J connectivity index is 1.85. The number of amides is 2. The van der Waals surface area contributed by atoms with Crippen molar-refractivity contribution < 1.29 is 19.4 Å². The van der Waals surface area contributed by atoms with Crippen molar-refractivity contribution in [1.29, 1.82) is 0 Å². The minimum Gasteiger partial charge on any atom is -0.484 e. The number of nitrogens with one attached hydrogen (secondary N) is 1. The van der Waals surface area contributed by atoms with E-state index in [4.69, 9.17) is 9.84 Å². The van der Waals surface area contributed by atoms with Crippen LogP contribution >= 0.6 is 0 Å². The number of aliphatic hydroxyl groups excluding tert-OH is 1. The number of carbonyl (C=O) groups excluding carboxylic acids is 2. The lowest BCUT2D eigenvalue weighted by atomic mass is 9.94. The van der Waals surface area contributed by atoms with E-state index in [1.807, 2.05) is 11.8 Å². The Morgan fingerprint density at radius 2 is 1.88 bits per heavy atom. The van der Waals surface area contributed by atoms with Gasteiger partial charge in [0.05, 0.1) is 6.61 Å². The van der Waals surface area contributed by atoms with E-state index in [9.17, 15) is 9.59 Å². The number of rotatable bonds is 8. The number of ether oxygens (including phenoxy) is 1. The molecule has 1 aromatic carbocycles. The second kappa shape index (κ2) is 10.0. The van der Waals surface area contributed by atoms with Crippen LogP contribution < -0.4 is 10.1 Å². The molecule has 2 amide bonds. The number of hydrogen-bond acceptors (Lipinski definition) is 4. The lowest BCUT2D eigenvalue weighted by Crippen LogP contribution is -2.43. The highest BCUT2D eigenvalue weighted by Gasteiger charge is 2.24. The van der Waals surface area contributed by atoms with E-state index in [0.717, 1.165) is 12.8 Å². The van der Waals surface area contributed by atoms with Crippen LogP contribution in [-0.2, 0) is 4.79 Å². The van der Waals surface area contributed by atoms with Crippen LogP contribution in [0.2, 0.25) is 0 Å². The third-order valence-electron chi connectivity index (χ3n) is 4.55. The van der Waals surface area contributed by atoms with E-state index in [2.05, 4.69) is 5.32 Å². The van der Waals surface area contributed by atoms with Gasteiger partial charge in [-0.2, -0.15) is 0 Å². The molecule has 0 aromatic heterocycles. The quantitative estimate of drug-likeness (QED) is 0.753. The largest absolute Gasteiger partial charge is 0.484 e. The van der Waals surface area contributed by atoms with Crippen LogP contribution in [0.15, 0.2) is 24.3 Å². The standard InChI is InChI=1S/C19H28N2O4/c1-2-21(16-6-4-3-5-7-16)18(23)14-25-17-10-8-15(9-11-17)19(24)20-12-13-22/h8-11,16,22H,2-7,12-14H2,1H3,(H,20,24). The fraction of sp³-hybridized carbons (Fsp3) is 0.579. The summed E-state index contributed by atoms with van der Waals surface area (Å²) in [6, 6.07) is 6.99. The molecule has 2 N–H and O–H groups in total. The molecule has 138 valence electrons. The van der Waals surface area contributed by atoms with Crippen molar-refractivity contribution in [3.63, 3.8) is 0 Å². The second-order valence-electron chi connectivity index (χ2n) is 6.26. The number of likely N-dealkylation sites (N-methyl/N-ethyl adjacent to an activating group) is 1. The lowest BCUT2D eigenvalue weighted by molar-refractivity contribution is -0.136. The number of carbonyl (C=O) groups is 2. The Morgan fingerprint density at radius 3 is 2.48 bits per heavy atom. The van der Waals surface area contributed by atoms with E-state index < -0.39 is 0 Å². The van der Waals surface area contributed by atoms with E-state index in [0.29, 0.717) is 23.9 Å². The summed E-state index contributed by atoms with van der Waals surface area (Å²) in [5, 5.41) is 11.3. The summed E-state index contributed by atoms with van der Waals surface area (Å²) in [4.78, 5) is 26.1. The zero-order valence-corrected chi connectivity index (χ0v) is 14.9. The van der Waals surface area contributed by atoms with Crippen molar-refractivity contribution in [1.82, 2.24) is 10.2 Å². The third kappa shape index (κ3) is 5.74. The van der Waals surface area contributed by atoms with Gasteiger partial charge in [-0.3, -0.25) is 9.59 Å². The summed E-state index contributed by atoms with van der Waals surface area (Å²) < 4.78 is 5.59. The van der Waals surface area contributed by atoms with Gasteiger partial charge in [0.25, 0.3) is 11.8 Å². The van der Waals surface area contributed by atoms with Gasteiger partial charge in [-0.05, 0) is 44.0 Å². The van der Waals surface area contributed by atoms with Crippen molar-refractivity contribution in [3.05, 3.63) is 29.8 Å². The van der Waals surface area contributed by atoms with E-state index in [-0.39, 0.29) is 31.6 Å². The first-order valence-electron chi connectivity index (χ1n) is 9.07. The third-order valence-corrected chi connectivity index (χ3v) is 4.55. The predicted octanol–water partition coefficient (Wildman–Crippen LogP) is 1.97. The second-order valence-corrected chi connectivity index (χ2v) is 6.26. The van der Waals surface area contributed by atoms with E-state index in [1.165, 1.54) is 19.3 Å². The van der Waals surface area contributed by atoms with Crippen LogP contribution in [0, 0.1) is 0 Å². The molecule has 1 fully saturated rings. The first-order chi connectivity index (χ1) is 12.2. The van der Waals surface area contributed by atoms with Crippen molar-refractivity contribution >= 4 is 11.8 Å². The van der Waals surface area contributed by atoms with Crippen LogP contribution in [0.3, 0.4) is 0 Å². The Bertz CT molecular complexity index is 553. The summed E-state index contributed by atoms with van der Waals surface area (Å²) in [7, 11) is 0. The van der Waals surface area contributed by atoms with Crippen LogP contribution in [0.4, 0.5) is 0 Å². The molecule has 0 unspecified atom stereocenters. The van der Waals surface area contributed by atoms with Crippen LogP contribution in [0.5, 0.6) is 5.75 Å². The van der Waals surface area contributed by atoms with Gasteiger partial charge in [0.2, 0.25) is 0 Å². The Hall–Kier alpha value is -2.08. The van der Waals surface area contributed by atoms with Crippen molar-refractivity contribution in [2.24, 2.45) is 0 Å². The molecule has 1 aliphatic carbocycles. The summed E-state index contributed by atoms with van der Waals surface area (Å²) in [5.74, 6) is 0.331. The minimum atomic E-state index is -0.244. The topological polar surface area (TPSA) is 78.9 Å². The number of nitrogens with zero attached hydrogens (tertiary/aromatic N) is 1. The lowest BCUT2D eigenvalue weighted by Gasteiger charge is -2.33. The Kier molecular flexibility index (Phi) is 7.73. The maximum atomic E-state index is 12.5. The summed E-state index contributed by atoms with van der Waals surface area (Å²) in [5.41, 5.74) is 0.490. The first kappa shape index (κ1) is 19.2. The van der Waals surface area contributed by atoms with Gasteiger partial charge in [0.15, 0.2) is 6.61 Å². The molecule has 0 bridgehead atoms. The highest BCUT2D eigenvalue weighted by atomic mass is 16.5. The normalized spacial score (nSPS) is 14.8. The van der Waals surface area contributed by atoms with Crippen molar-refractivity contribution in [2.45, 2.75) is 45.1 Å². The number of hydrogen-bond donors (Lipinski definition) is 2. The van der Waals surface area contributed by atoms with Crippen LogP contribution in [-0.4, -0.2) is 54.2 Å². The van der Waals surface area contributed by atoms with Gasteiger partial charge in [-0.1, -0.05) is 19.3 Å². The molecule has 0 radical (unpaired) electrons. The average Bonchev–Trinajstić information content (AvgIpc) is 2.66. The highest BCUT2D eigenvalue weighted by molar-refractivity contribution is 5.94. The van der Waals surface area contributed by atoms with Crippen molar-refractivity contribution in [3.8, 4) is 5.75 Å². The monoisotopic (exact) mass is 348 g/mol. The Labute approximate surface area is 149 Å². The van der Waals surface area contributed by atoms with Crippen LogP contribution in [0.25, 0.3) is 0 Å². The smallest absolute Gasteiger partial charge is 0.260 e. The molecule has 0 heterocycles. The molecular formula is C19H28N2O4. The highest BCUT2D eigenvalue weighted by Crippen LogP contribution is 2.22. The van der Waals surface area contributed by atoms with E-state index >= 15 is 0 Å². The van der Waals surface area contributed by atoms with Gasteiger partial charge >= 0.3 is 0 Å². The fourth-order valence-electron chi connectivity index (χ4n) is 3.23. The number of benzene rings is 1. The molecule has 6 heteroatoms. The molecule has 0 saturated heterocycles. The molecule has 0 atom stereocenters. The molecule has 6 nitrogen and oxygen atoms in total. The minimum absolute atomic E-state index is 0.0131. The van der Waals surface area contributed by atoms with Crippen molar-refractivity contribution in [2.75, 3.05) is 26.3 Å². The zero-order chi connectivity index (χ0) is 18.1. The molecule has 1 aliphatic rings. The SMILES string of the molecule is CCN(C(=O)COc1ccc(C(=O)NCCO)cc1)C1CCCCC1. The van der Waals surface area contributed by atoms with Gasteiger partial charge in [-0.15, -0.1) is 0 Å². The average molecular weight is 348 g/mol. The predicted molar refractivity (Wildman–Crippen MR) is 95.6 cm³/mol. The van der Waals surface area contributed by atoms with Crippen LogP contribution in [0.1, 0.15) is 49.4 Å². The Morgan fingerprint density at radius 1 is 1.20 bits per heavy atom. The summed E-state index contributed by atoms with van der Waals surface area (Å²) in [6.07, 6.45) is 5.80. The first-order valence-corrected chi connectivity index (χ1v) is 9.07. The summed E-state index contributed by atoms with van der Waals surface area (Å²) >= 11 is 0.